The van der Waals surface area contributed by atoms with Crippen LogP contribution in [0.3, 0.4) is 0 Å². The lowest BCUT2D eigenvalue weighted by molar-refractivity contribution is -0.123. The highest BCUT2D eigenvalue weighted by Gasteiger charge is 2.06. The van der Waals surface area contributed by atoms with E-state index in [-0.39, 0.29) is 11.8 Å². The van der Waals surface area contributed by atoms with E-state index in [9.17, 15) is 19.2 Å². The highest BCUT2D eigenvalue weighted by molar-refractivity contribution is 5.78. The van der Waals surface area contributed by atoms with Gasteiger partial charge in [-0.25, -0.2) is 0 Å². The second-order valence-electron chi connectivity index (χ2n) is 24.4. The molecular formula is C70H136N2O4. The average Bonchev–Trinajstić information content (AvgIpc) is 3.41. The summed E-state index contributed by atoms with van der Waals surface area (Å²) in [4.78, 5) is 49.1. The molecule has 76 heavy (non-hydrogen) atoms. The summed E-state index contributed by atoms with van der Waals surface area (Å²) in [5.41, 5.74) is 0. The molecule has 0 saturated carbocycles. The van der Waals surface area contributed by atoms with Crippen LogP contribution >= 0.6 is 0 Å². The standard InChI is InChI=1S/C70H136N2O4/c1-3-5-7-9-11-13-15-17-19-23-29-35-41-47-53-59-67(73)61-55-49-43-37-31-25-21-27-33-39-45-51-57-63-69(75)71-65-66-72-70(76)64-58-52-46-40-34-28-22-26-32-38-44-50-56-62-68(74)60-54-48-42-36-30-24-20-18-16-14-12-10-8-6-4-2/h3-66H2,1-2H3,(H,71,75)(H,72,76). The first-order valence-corrected chi connectivity index (χ1v) is 35.1. The third kappa shape index (κ3) is 64.8. The van der Waals surface area contributed by atoms with Gasteiger partial charge in [0.2, 0.25) is 11.8 Å². The number of carbonyl (C=O) groups is 4. The molecule has 0 aliphatic carbocycles. The van der Waals surface area contributed by atoms with Gasteiger partial charge in [0.25, 0.3) is 0 Å². The number of hydrogen-bond donors (Lipinski definition) is 2. The summed E-state index contributed by atoms with van der Waals surface area (Å²) in [5.74, 6) is 1.21. The Morgan fingerprint density at radius 1 is 0.184 bits per heavy atom. The van der Waals surface area contributed by atoms with Crippen molar-refractivity contribution in [3.05, 3.63) is 0 Å². The number of amides is 2. The number of carbonyl (C=O) groups excluding carboxylic acids is 4. The van der Waals surface area contributed by atoms with Gasteiger partial charge in [-0.2, -0.15) is 0 Å². The Balaban J connectivity index is 3.30. The van der Waals surface area contributed by atoms with Gasteiger partial charge >= 0.3 is 0 Å². The molecule has 0 aliphatic heterocycles. The minimum absolute atomic E-state index is 0.108. The third-order valence-corrected chi connectivity index (χ3v) is 16.6. The van der Waals surface area contributed by atoms with Crippen molar-refractivity contribution in [3.8, 4) is 0 Å². The molecule has 0 atom stereocenters. The van der Waals surface area contributed by atoms with Gasteiger partial charge in [0, 0.05) is 51.6 Å². The molecule has 0 radical (unpaired) electrons. The Hall–Kier alpha value is -1.72. The summed E-state index contributed by atoms with van der Waals surface area (Å²) in [5, 5.41) is 5.95. The summed E-state index contributed by atoms with van der Waals surface area (Å²) >= 11 is 0. The molecule has 6 heteroatoms. The number of Topliss-reactive ketones (excluding diaryl/α,β-unsaturated/α-hetero) is 2. The van der Waals surface area contributed by atoms with Crippen LogP contribution in [-0.4, -0.2) is 36.5 Å². The van der Waals surface area contributed by atoms with Crippen LogP contribution in [0.5, 0.6) is 0 Å². The number of ketones is 2. The van der Waals surface area contributed by atoms with Gasteiger partial charge in [0.1, 0.15) is 11.6 Å². The van der Waals surface area contributed by atoms with Crippen molar-refractivity contribution in [1.29, 1.82) is 0 Å². The molecule has 0 rings (SSSR count). The quantitative estimate of drug-likeness (QED) is 0.0594. The SMILES string of the molecule is CCCCCCCCCCCCCCCCCC(=O)CCCCCCCCCCCCCCCC(=O)NCCNC(=O)CCCCCCCCCCCCCCCC(=O)CCCCCCCCCCCCCCCCC. The van der Waals surface area contributed by atoms with E-state index in [2.05, 4.69) is 24.5 Å². The molecule has 0 aliphatic rings. The Morgan fingerprint density at radius 2 is 0.316 bits per heavy atom. The Morgan fingerprint density at radius 3 is 0.474 bits per heavy atom. The number of unbranched alkanes of at least 4 members (excludes halogenated alkanes) is 52. The summed E-state index contributed by atoms with van der Waals surface area (Å²) in [6.45, 7) is 5.62. The second-order valence-corrected chi connectivity index (χ2v) is 24.4. The minimum atomic E-state index is 0.108. The van der Waals surface area contributed by atoms with Gasteiger partial charge in [-0.05, 0) is 38.5 Å². The molecule has 0 spiro atoms. The molecule has 0 fully saturated rings. The zero-order valence-electron chi connectivity index (χ0n) is 51.9. The molecule has 0 unspecified atom stereocenters. The normalized spacial score (nSPS) is 11.4. The van der Waals surface area contributed by atoms with Crippen LogP contribution in [-0.2, 0) is 19.2 Å². The Bertz CT molecular complexity index is 1100. The van der Waals surface area contributed by atoms with Crippen LogP contribution in [0, 0.1) is 0 Å². The van der Waals surface area contributed by atoms with Gasteiger partial charge in [0.15, 0.2) is 0 Å². The summed E-state index contributed by atoms with van der Waals surface area (Å²) in [7, 11) is 0. The van der Waals surface area contributed by atoms with E-state index >= 15 is 0 Å². The molecule has 0 aromatic rings. The molecule has 2 N–H and O–H groups in total. The van der Waals surface area contributed by atoms with Crippen LogP contribution in [0.25, 0.3) is 0 Å². The number of hydrogen-bond acceptors (Lipinski definition) is 4. The van der Waals surface area contributed by atoms with E-state index in [1.165, 1.54) is 308 Å². The van der Waals surface area contributed by atoms with Crippen LogP contribution in [0.15, 0.2) is 0 Å². The Labute approximate surface area is 476 Å². The highest BCUT2D eigenvalue weighted by atomic mass is 16.2. The van der Waals surface area contributed by atoms with E-state index in [0.717, 1.165) is 77.0 Å². The van der Waals surface area contributed by atoms with E-state index in [4.69, 9.17) is 0 Å². The van der Waals surface area contributed by atoms with Crippen molar-refractivity contribution in [2.45, 2.75) is 412 Å². The summed E-state index contributed by atoms with van der Waals surface area (Å²) in [6.07, 6.45) is 77.8. The molecule has 0 aromatic heterocycles. The van der Waals surface area contributed by atoms with Gasteiger partial charge in [-0.1, -0.05) is 335 Å². The van der Waals surface area contributed by atoms with E-state index in [1.54, 1.807) is 0 Å². The number of nitrogens with one attached hydrogen (secondary N) is 2. The topological polar surface area (TPSA) is 92.3 Å². The van der Waals surface area contributed by atoms with Gasteiger partial charge < -0.3 is 10.6 Å². The summed E-state index contributed by atoms with van der Waals surface area (Å²) < 4.78 is 0. The summed E-state index contributed by atoms with van der Waals surface area (Å²) in [6, 6.07) is 0. The maximum absolute atomic E-state index is 12.3. The average molecular weight is 1070 g/mol. The first-order valence-electron chi connectivity index (χ1n) is 35.1. The van der Waals surface area contributed by atoms with E-state index in [1.807, 2.05) is 0 Å². The van der Waals surface area contributed by atoms with Crippen molar-refractivity contribution in [3.63, 3.8) is 0 Å². The molecule has 2 amide bonds. The van der Waals surface area contributed by atoms with Crippen molar-refractivity contribution in [1.82, 2.24) is 10.6 Å². The number of rotatable bonds is 67. The lowest BCUT2D eigenvalue weighted by atomic mass is 10.0. The largest absolute Gasteiger partial charge is 0.354 e. The maximum Gasteiger partial charge on any atom is 0.220 e. The van der Waals surface area contributed by atoms with Crippen LogP contribution in [0.2, 0.25) is 0 Å². The van der Waals surface area contributed by atoms with Crippen LogP contribution in [0.4, 0.5) is 0 Å². The maximum atomic E-state index is 12.3. The van der Waals surface area contributed by atoms with Crippen LogP contribution in [0.1, 0.15) is 412 Å². The first-order chi connectivity index (χ1) is 37.5. The predicted octanol–water partition coefficient (Wildman–Crippen LogP) is 22.6. The third-order valence-electron chi connectivity index (χ3n) is 16.6. The molecule has 0 aromatic carbocycles. The van der Waals surface area contributed by atoms with Gasteiger partial charge in [-0.15, -0.1) is 0 Å². The molecule has 6 nitrogen and oxygen atoms in total. The zero-order chi connectivity index (χ0) is 55.0. The molecule has 0 saturated heterocycles. The zero-order valence-corrected chi connectivity index (χ0v) is 51.9. The van der Waals surface area contributed by atoms with E-state index in [0.29, 0.717) is 37.5 Å². The smallest absolute Gasteiger partial charge is 0.220 e. The first kappa shape index (κ1) is 74.3. The fraction of sp³-hybridized carbons (Fsp3) is 0.943. The molecule has 0 bridgehead atoms. The van der Waals surface area contributed by atoms with Crippen molar-refractivity contribution in [2.24, 2.45) is 0 Å². The molecule has 450 valence electrons. The fourth-order valence-electron chi connectivity index (χ4n) is 11.3. The van der Waals surface area contributed by atoms with Crippen molar-refractivity contribution >= 4 is 23.4 Å². The van der Waals surface area contributed by atoms with E-state index < -0.39 is 0 Å². The van der Waals surface area contributed by atoms with Gasteiger partial charge in [0.05, 0.1) is 0 Å². The predicted molar refractivity (Wildman–Crippen MR) is 334 cm³/mol. The minimum Gasteiger partial charge on any atom is -0.354 e. The fourth-order valence-corrected chi connectivity index (χ4v) is 11.3. The lowest BCUT2D eigenvalue weighted by Crippen LogP contribution is -2.34. The molecule has 0 heterocycles. The monoisotopic (exact) mass is 1070 g/mol. The molecular weight excluding hydrogens is 933 g/mol. The van der Waals surface area contributed by atoms with Crippen molar-refractivity contribution < 1.29 is 19.2 Å². The lowest BCUT2D eigenvalue weighted by Gasteiger charge is -2.07. The van der Waals surface area contributed by atoms with Crippen molar-refractivity contribution in [2.75, 3.05) is 13.1 Å². The highest BCUT2D eigenvalue weighted by Crippen LogP contribution is 2.19. The Kier molecular flexibility index (Phi) is 64.3. The van der Waals surface area contributed by atoms with Gasteiger partial charge in [-0.3, -0.25) is 19.2 Å². The second kappa shape index (κ2) is 65.8. The van der Waals surface area contributed by atoms with Crippen LogP contribution < -0.4 is 10.6 Å².